The van der Waals surface area contributed by atoms with Crippen molar-refractivity contribution >= 4 is 25.9 Å². The van der Waals surface area contributed by atoms with Crippen molar-refractivity contribution in [2.24, 2.45) is 0 Å². The predicted octanol–water partition coefficient (Wildman–Crippen LogP) is 8.45. The van der Waals surface area contributed by atoms with Crippen molar-refractivity contribution in [1.82, 2.24) is 20.1 Å². The number of anilines is 2. The minimum Gasteiger partial charge on any atom is -0.477 e. The lowest BCUT2D eigenvalue weighted by molar-refractivity contribution is 0.0474. The molecule has 0 spiro atoms. The SMILES string of the molecule is C[C@H](NC(=O)OC(C)(C)C)C(F)CCOc1cc(Nc2cc([C@H]3CC[C@@H](O[Si](C)(C)C(C)(C)C)C3)nn2C(C)(C)C)ccn1. The van der Waals surface area contributed by atoms with E-state index in [0.717, 1.165) is 36.5 Å². The Bertz CT molecular complexity index is 1250. The molecule has 1 saturated carbocycles. The Kier molecular flexibility index (Phi) is 11.2. The number of amides is 1. The van der Waals surface area contributed by atoms with E-state index in [-0.39, 0.29) is 29.7 Å². The van der Waals surface area contributed by atoms with Gasteiger partial charge in [0, 0.05) is 42.5 Å². The highest BCUT2D eigenvalue weighted by atomic mass is 28.4. The number of halogens is 1. The molecule has 1 fully saturated rings. The van der Waals surface area contributed by atoms with Crippen molar-refractivity contribution in [3.63, 3.8) is 0 Å². The molecule has 0 aliphatic heterocycles. The van der Waals surface area contributed by atoms with Crippen LogP contribution in [-0.4, -0.2) is 59.7 Å². The van der Waals surface area contributed by atoms with E-state index in [1.807, 2.05) is 10.7 Å². The maximum atomic E-state index is 14.7. The number of nitrogens with one attached hydrogen (secondary N) is 2. The van der Waals surface area contributed by atoms with Crippen molar-refractivity contribution in [3.05, 3.63) is 30.1 Å². The zero-order valence-electron chi connectivity index (χ0n) is 29.0. The summed E-state index contributed by atoms with van der Waals surface area (Å²) in [7, 11) is -1.83. The van der Waals surface area contributed by atoms with Gasteiger partial charge in [0.05, 0.1) is 23.9 Å². The maximum Gasteiger partial charge on any atom is 0.407 e. The van der Waals surface area contributed by atoms with Crippen molar-refractivity contribution in [1.29, 1.82) is 0 Å². The second kappa shape index (κ2) is 13.8. The molecule has 1 amide bonds. The highest BCUT2D eigenvalue weighted by molar-refractivity contribution is 6.74. The third-order valence-corrected chi connectivity index (χ3v) is 12.9. The van der Waals surface area contributed by atoms with Gasteiger partial charge in [0.15, 0.2) is 8.32 Å². The Hall–Kier alpha value is -2.66. The van der Waals surface area contributed by atoms with Crippen LogP contribution in [0.15, 0.2) is 24.4 Å². The highest BCUT2D eigenvalue weighted by Crippen LogP contribution is 2.43. The molecule has 2 aromatic heterocycles. The first-order chi connectivity index (χ1) is 20.1. The zero-order chi connectivity index (χ0) is 33.1. The van der Waals surface area contributed by atoms with E-state index >= 15 is 0 Å². The van der Waals surface area contributed by atoms with Gasteiger partial charge >= 0.3 is 6.09 Å². The average molecular weight is 634 g/mol. The van der Waals surface area contributed by atoms with E-state index < -0.39 is 32.2 Å². The number of pyridine rings is 1. The van der Waals surface area contributed by atoms with Crippen molar-refractivity contribution < 1.29 is 23.1 Å². The van der Waals surface area contributed by atoms with Crippen molar-refractivity contribution in [2.45, 2.75) is 148 Å². The topological polar surface area (TPSA) is 99.5 Å². The minimum absolute atomic E-state index is 0.0952. The summed E-state index contributed by atoms with van der Waals surface area (Å²) < 4.78 is 34.5. The quantitative estimate of drug-likeness (QED) is 0.240. The lowest BCUT2D eigenvalue weighted by Crippen LogP contribution is -2.43. The first kappa shape index (κ1) is 35.8. The molecule has 1 unspecified atom stereocenters. The predicted molar refractivity (Wildman–Crippen MR) is 177 cm³/mol. The number of ether oxygens (including phenoxy) is 2. The van der Waals surface area contributed by atoms with E-state index in [0.29, 0.717) is 11.8 Å². The van der Waals surface area contributed by atoms with Crippen LogP contribution in [0, 0.1) is 0 Å². The minimum atomic E-state index is -1.83. The fourth-order valence-corrected chi connectivity index (χ4v) is 6.33. The molecule has 9 nitrogen and oxygen atoms in total. The van der Waals surface area contributed by atoms with Gasteiger partial charge < -0.3 is 24.5 Å². The summed E-state index contributed by atoms with van der Waals surface area (Å²) in [5, 5.41) is 11.3. The molecular formula is C33H56FN5O4Si. The first-order valence-corrected chi connectivity index (χ1v) is 18.8. The van der Waals surface area contributed by atoms with Crippen LogP contribution in [0.4, 0.5) is 20.7 Å². The van der Waals surface area contributed by atoms with Crippen LogP contribution >= 0.6 is 0 Å². The summed E-state index contributed by atoms with van der Waals surface area (Å²) in [5.41, 5.74) is 1.00. The molecule has 2 N–H and O–H groups in total. The van der Waals surface area contributed by atoms with Gasteiger partial charge in [-0.2, -0.15) is 5.10 Å². The number of aromatic nitrogens is 3. The largest absolute Gasteiger partial charge is 0.477 e. The van der Waals surface area contributed by atoms with E-state index in [9.17, 15) is 9.18 Å². The smallest absolute Gasteiger partial charge is 0.407 e. The number of hydrogen-bond donors (Lipinski definition) is 2. The number of nitrogens with zero attached hydrogens (tertiary/aromatic N) is 3. The Morgan fingerprint density at radius 3 is 2.41 bits per heavy atom. The van der Waals surface area contributed by atoms with E-state index in [1.165, 1.54) is 0 Å². The molecule has 4 atom stereocenters. The molecule has 44 heavy (non-hydrogen) atoms. The molecule has 0 aromatic carbocycles. The van der Waals surface area contributed by atoms with E-state index in [2.05, 4.69) is 76.3 Å². The second-order valence-electron chi connectivity index (χ2n) is 15.6. The van der Waals surface area contributed by atoms with Crippen LogP contribution in [-0.2, 0) is 14.7 Å². The molecule has 248 valence electrons. The first-order valence-electron chi connectivity index (χ1n) is 15.9. The molecule has 1 aliphatic carbocycles. The zero-order valence-corrected chi connectivity index (χ0v) is 30.0. The van der Waals surface area contributed by atoms with Gasteiger partial charge in [-0.15, -0.1) is 0 Å². The van der Waals surface area contributed by atoms with E-state index in [1.54, 1.807) is 40.0 Å². The fraction of sp³-hybridized carbons (Fsp3) is 0.727. The Morgan fingerprint density at radius 2 is 1.80 bits per heavy atom. The summed E-state index contributed by atoms with van der Waals surface area (Å²) in [6.07, 6.45) is 3.20. The van der Waals surface area contributed by atoms with Crippen LogP contribution in [0.5, 0.6) is 5.88 Å². The summed E-state index contributed by atoms with van der Waals surface area (Å²) in [5.74, 6) is 1.63. The molecule has 3 rings (SSSR count). The summed E-state index contributed by atoms with van der Waals surface area (Å²) in [4.78, 5) is 16.3. The van der Waals surface area contributed by atoms with Crippen LogP contribution in [0.1, 0.15) is 107 Å². The molecule has 0 radical (unpaired) electrons. The normalized spacial score (nSPS) is 19.4. The summed E-state index contributed by atoms with van der Waals surface area (Å²) >= 11 is 0. The monoisotopic (exact) mass is 633 g/mol. The van der Waals surface area contributed by atoms with E-state index in [4.69, 9.17) is 19.0 Å². The van der Waals surface area contributed by atoms with Gasteiger partial charge in [0.2, 0.25) is 5.88 Å². The fourth-order valence-electron chi connectivity index (χ4n) is 4.93. The number of carbonyl (C=O) groups is 1. The molecular weight excluding hydrogens is 577 g/mol. The molecule has 2 aromatic rings. The van der Waals surface area contributed by atoms with Crippen LogP contribution in [0.25, 0.3) is 0 Å². The lowest BCUT2D eigenvalue weighted by atomic mass is 10.0. The third kappa shape index (κ3) is 10.2. The molecule has 1 aliphatic rings. The molecule has 2 heterocycles. The number of alkyl halides is 1. The highest BCUT2D eigenvalue weighted by Gasteiger charge is 2.41. The van der Waals surface area contributed by atoms with Gasteiger partial charge in [-0.1, -0.05) is 20.8 Å². The lowest BCUT2D eigenvalue weighted by Gasteiger charge is -2.38. The summed E-state index contributed by atoms with van der Waals surface area (Å²) in [6, 6.07) is 5.11. The Labute approximate surface area is 265 Å². The van der Waals surface area contributed by atoms with Gasteiger partial charge in [0.25, 0.3) is 0 Å². The van der Waals surface area contributed by atoms with Crippen molar-refractivity contribution in [3.8, 4) is 5.88 Å². The third-order valence-electron chi connectivity index (χ3n) is 8.37. The Balaban J connectivity index is 1.62. The van der Waals surface area contributed by atoms with Gasteiger partial charge in [0.1, 0.15) is 17.6 Å². The molecule has 11 heteroatoms. The van der Waals surface area contributed by atoms with Crippen LogP contribution < -0.4 is 15.4 Å². The van der Waals surface area contributed by atoms with Gasteiger partial charge in [-0.25, -0.2) is 18.9 Å². The Morgan fingerprint density at radius 1 is 1.11 bits per heavy atom. The average Bonchev–Trinajstić information content (AvgIpc) is 3.49. The molecule has 0 bridgehead atoms. The van der Waals surface area contributed by atoms with Crippen LogP contribution in [0.2, 0.25) is 18.1 Å². The van der Waals surface area contributed by atoms with Crippen molar-refractivity contribution in [2.75, 3.05) is 11.9 Å². The molecule has 0 saturated heterocycles. The van der Waals surface area contributed by atoms with Gasteiger partial charge in [-0.3, -0.25) is 0 Å². The maximum absolute atomic E-state index is 14.7. The number of hydrogen-bond acceptors (Lipinski definition) is 7. The number of alkyl carbamates (subject to hydrolysis) is 1. The van der Waals surface area contributed by atoms with Crippen LogP contribution in [0.3, 0.4) is 0 Å². The number of carbonyl (C=O) groups excluding carboxylic acids is 1. The summed E-state index contributed by atoms with van der Waals surface area (Å²) in [6.45, 7) is 24.9. The van der Waals surface area contributed by atoms with Gasteiger partial charge in [-0.05, 0) is 91.9 Å². The second-order valence-corrected chi connectivity index (χ2v) is 20.4. The number of rotatable bonds is 11. The standard InChI is InChI=1S/C33H56FN5O4Si/c1-22(36-30(40)42-32(5,6)7)26(34)16-18-41-29-20-24(15-17-35-29)37-28-21-27(38-39(28)31(2,3)4)23-13-14-25(19-23)43-44(11,12)33(8,9)10/h15,17,20-23,25-26H,13-14,16,18-19H2,1-12H3,(H,35,37)(H,36,40)/t22-,23-,25+,26?/m0/s1.